The maximum atomic E-state index is 14.2. The van der Waals surface area contributed by atoms with Gasteiger partial charge in [0.1, 0.15) is 5.75 Å². The molecule has 2 aromatic carbocycles. The number of aryl methyl sites for hydroxylation is 2. The molecule has 0 unspecified atom stereocenters. The summed E-state index contributed by atoms with van der Waals surface area (Å²) < 4.78 is 15.2. The van der Waals surface area contributed by atoms with Crippen molar-refractivity contribution in [2.45, 2.75) is 63.6 Å². The minimum Gasteiger partial charge on any atom is -0.497 e. The number of likely N-dealkylation sites (N-methyl/N-ethyl adjacent to an activating group) is 1. The normalized spacial score (nSPS) is 24.6. The molecule has 208 valence electrons. The van der Waals surface area contributed by atoms with Crippen LogP contribution in [0.3, 0.4) is 0 Å². The van der Waals surface area contributed by atoms with Crippen molar-refractivity contribution in [3.63, 3.8) is 0 Å². The Hall–Kier alpha value is -2.53. The molecule has 2 aliphatic rings. The molecule has 1 amide bonds. The lowest BCUT2D eigenvalue weighted by Gasteiger charge is -2.37. The van der Waals surface area contributed by atoms with E-state index in [0.29, 0.717) is 19.4 Å². The number of aromatic nitrogens is 3. The number of ether oxygens (including phenoxy) is 2. The monoisotopic (exact) mass is 612 g/mol. The first-order valence-electron chi connectivity index (χ1n) is 13.5. The van der Waals surface area contributed by atoms with Gasteiger partial charge in [-0.15, -0.1) is 5.10 Å². The van der Waals surface area contributed by atoms with Gasteiger partial charge in [0.25, 0.3) is 5.91 Å². The average molecular weight is 614 g/mol. The van der Waals surface area contributed by atoms with Crippen LogP contribution in [0.4, 0.5) is 5.69 Å². The second-order valence-corrected chi connectivity index (χ2v) is 16.9. The Kier molecular flexibility index (Phi) is 7.51. The van der Waals surface area contributed by atoms with E-state index in [0.717, 1.165) is 32.7 Å². The van der Waals surface area contributed by atoms with Gasteiger partial charge in [0, 0.05) is 48.8 Å². The standard InChI is InChI=1S/C29H37BrN4O4Si/c1-18-15-23-26(24(30)16-18)33(3)28(36)29(23)19(2)27(39(5,6)22-9-7-21(37-4)8-10-22)25(38-29)11-13-34-17-20(12-14-35)31-32-34/h7-10,15-17,19,25,27,35H,11-14H2,1-6H3/t19-,25+,27-,29+/m0/s1. The van der Waals surface area contributed by atoms with Crippen LogP contribution in [0.2, 0.25) is 18.6 Å². The third-order valence-corrected chi connectivity index (χ3v) is 13.7. The number of carbonyl (C=O) groups is 1. The molecule has 1 spiro atoms. The third-order valence-electron chi connectivity index (χ3n) is 8.75. The van der Waals surface area contributed by atoms with Crippen LogP contribution < -0.4 is 14.8 Å². The lowest BCUT2D eigenvalue weighted by Crippen LogP contribution is -2.51. The predicted molar refractivity (Wildman–Crippen MR) is 157 cm³/mol. The highest BCUT2D eigenvalue weighted by Crippen LogP contribution is 2.60. The van der Waals surface area contributed by atoms with Gasteiger partial charge in [0.05, 0.1) is 32.7 Å². The Morgan fingerprint density at radius 1 is 1.23 bits per heavy atom. The first-order chi connectivity index (χ1) is 18.5. The Balaban J connectivity index is 1.58. The van der Waals surface area contributed by atoms with E-state index in [-0.39, 0.29) is 30.1 Å². The predicted octanol–water partition coefficient (Wildman–Crippen LogP) is 4.18. The third kappa shape index (κ3) is 4.55. The maximum Gasteiger partial charge on any atom is 0.264 e. The van der Waals surface area contributed by atoms with E-state index in [1.54, 1.807) is 12.0 Å². The molecule has 3 heterocycles. The highest BCUT2D eigenvalue weighted by Gasteiger charge is 2.66. The van der Waals surface area contributed by atoms with Crippen molar-refractivity contribution < 1.29 is 19.4 Å². The lowest BCUT2D eigenvalue weighted by molar-refractivity contribution is -0.145. The molecule has 1 aromatic heterocycles. The second kappa shape index (κ2) is 10.5. The number of anilines is 1. The zero-order valence-corrected chi connectivity index (χ0v) is 26.0. The van der Waals surface area contributed by atoms with E-state index in [4.69, 9.17) is 9.47 Å². The quantitative estimate of drug-likeness (QED) is 0.384. The maximum absolute atomic E-state index is 14.2. The van der Waals surface area contributed by atoms with Crippen molar-refractivity contribution in [1.82, 2.24) is 15.0 Å². The van der Waals surface area contributed by atoms with Crippen molar-refractivity contribution in [2.75, 3.05) is 25.7 Å². The molecule has 5 rings (SSSR count). The molecular weight excluding hydrogens is 576 g/mol. The summed E-state index contributed by atoms with van der Waals surface area (Å²) in [7, 11) is 1.34. The van der Waals surface area contributed by atoms with Crippen molar-refractivity contribution in [3.05, 3.63) is 63.9 Å². The Morgan fingerprint density at radius 2 is 1.95 bits per heavy atom. The molecule has 1 saturated heterocycles. The van der Waals surface area contributed by atoms with E-state index >= 15 is 0 Å². The molecule has 4 atom stereocenters. The highest BCUT2D eigenvalue weighted by molar-refractivity contribution is 9.10. The minimum atomic E-state index is -2.19. The first-order valence-corrected chi connectivity index (χ1v) is 17.3. The van der Waals surface area contributed by atoms with Gasteiger partial charge in [-0.25, -0.2) is 0 Å². The molecule has 3 aromatic rings. The largest absolute Gasteiger partial charge is 0.497 e. The summed E-state index contributed by atoms with van der Waals surface area (Å²) in [4.78, 5) is 15.9. The number of rotatable bonds is 8. The molecule has 0 radical (unpaired) electrons. The highest BCUT2D eigenvalue weighted by atomic mass is 79.9. The zero-order chi connectivity index (χ0) is 28.1. The van der Waals surface area contributed by atoms with Gasteiger partial charge in [-0.3, -0.25) is 9.48 Å². The number of fused-ring (bicyclic) bond motifs is 2. The van der Waals surface area contributed by atoms with Gasteiger partial charge in [0.15, 0.2) is 5.60 Å². The summed E-state index contributed by atoms with van der Waals surface area (Å²) in [6.45, 7) is 9.69. The molecule has 1 fully saturated rings. The van der Waals surface area contributed by atoms with Crippen LogP contribution >= 0.6 is 15.9 Å². The van der Waals surface area contributed by atoms with E-state index < -0.39 is 13.7 Å². The number of nitrogens with zero attached hydrogens (tertiary/aromatic N) is 4. The van der Waals surface area contributed by atoms with Gasteiger partial charge >= 0.3 is 0 Å². The zero-order valence-electron chi connectivity index (χ0n) is 23.4. The van der Waals surface area contributed by atoms with Crippen LogP contribution in [0.5, 0.6) is 5.75 Å². The van der Waals surface area contributed by atoms with E-state index in [9.17, 15) is 9.90 Å². The molecule has 0 saturated carbocycles. The lowest BCUT2D eigenvalue weighted by atomic mass is 9.82. The van der Waals surface area contributed by atoms with Crippen molar-refractivity contribution in [2.24, 2.45) is 5.92 Å². The van der Waals surface area contributed by atoms with Gasteiger partial charge in [-0.05, 0) is 58.6 Å². The van der Waals surface area contributed by atoms with Gasteiger partial charge in [0.2, 0.25) is 0 Å². The first kappa shape index (κ1) is 28.0. The van der Waals surface area contributed by atoms with Crippen LogP contribution in [0.1, 0.15) is 30.2 Å². The minimum absolute atomic E-state index is 0.00526. The Bertz CT molecular complexity index is 1380. The van der Waals surface area contributed by atoms with Crippen LogP contribution in [-0.2, 0) is 28.1 Å². The number of hydrogen-bond acceptors (Lipinski definition) is 6. The number of aliphatic hydroxyl groups excluding tert-OH is 1. The summed E-state index contributed by atoms with van der Waals surface area (Å²) in [6.07, 6.45) is 2.91. The Morgan fingerprint density at radius 3 is 2.62 bits per heavy atom. The summed E-state index contributed by atoms with van der Waals surface area (Å²) in [5.41, 5.74) is 2.81. The number of methoxy groups -OCH3 is 1. The number of hydrogen-bond donors (Lipinski definition) is 1. The molecule has 2 aliphatic heterocycles. The van der Waals surface area contributed by atoms with Crippen LogP contribution in [0.15, 0.2) is 47.1 Å². The van der Waals surface area contributed by atoms with E-state index in [1.165, 1.54) is 5.19 Å². The fourth-order valence-corrected chi connectivity index (χ4v) is 11.8. The topological polar surface area (TPSA) is 89.7 Å². The molecule has 39 heavy (non-hydrogen) atoms. The SMILES string of the molecule is COc1ccc([Si](C)(C)[C@@H]2[C@@H](CCn3cc(CCO)nn3)O[C@]3(C(=O)N(C)c4c(Br)cc(C)cc43)[C@H]2C)cc1. The van der Waals surface area contributed by atoms with Crippen molar-refractivity contribution in [3.8, 4) is 5.75 Å². The number of carbonyl (C=O) groups excluding carboxylic acids is 1. The van der Waals surface area contributed by atoms with E-state index in [2.05, 4.69) is 77.4 Å². The van der Waals surface area contributed by atoms with Crippen molar-refractivity contribution >= 4 is 40.8 Å². The molecule has 10 heteroatoms. The van der Waals surface area contributed by atoms with Crippen LogP contribution in [0, 0.1) is 12.8 Å². The fourth-order valence-electron chi connectivity index (χ4n) is 6.85. The summed E-state index contributed by atoms with van der Waals surface area (Å²) in [6, 6.07) is 12.6. The molecular formula is C29H37BrN4O4Si. The van der Waals surface area contributed by atoms with Crippen molar-refractivity contribution in [1.29, 1.82) is 0 Å². The molecule has 1 N–H and O–H groups in total. The molecule has 0 bridgehead atoms. The number of amides is 1. The average Bonchev–Trinajstić information content (AvgIpc) is 3.54. The number of benzene rings is 2. The summed E-state index contributed by atoms with van der Waals surface area (Å²) in [5, 5.41) is 19.0. The summed E-state index contributed by atoms with van der Waals surface area (Å²) in [5.74, 6) is 0.783. The molecule has 8 nitrogen and oxygen atoms in total. The van der Waals surface area contributed by atoms with E-state index in [1.807, 2.05) is 30.1 Å². The van der Waals surface area contributed by atoms with Gasteiger partial charge < -0.3 is 19.5 Å². The number of halogens is 1. The fraction of sp³-hybridized carbons (Fsp3) is 0.483. The van der Waals surface area contributed by atoms with Crippen LogP contribution in [-0.4, -0.2) is 60.9 Å². The van der Waals surface area contributed by atoms with Gasteiger partial charge in [-0.2, -0.15) is 0 Å². The molecule has 0 aliphatic carbocycles. The Labute approximate surface area is 239 Å². The van der Waals surface area contributed by atoms with Crippen LogP contribution in [0.25, 0.3) is 0 Å². The second-order valence-electron chi connectivity index (χ2n) is 11.4. The summed E-state index contributed by atoms with van der Waals surface area (Å²) >= 11 is 3.72. The smallest absolute Gasteiger partial charge is 0.264 e. The van der Waals surface area contributed by atoms with Gasteiger partial charge in [-0.1, -0.05) is 48.6 Å². The number of aliphatic hydroxyl groups is 1.